The van der Waals surface area contributed by atoms with Crippen molar-refractivity contribution in [2.24, 2.45) is 0 Å². The van der Waals surface area contributed by atoms with Gasteiger partial charge in [-0.1, -0.05) is 5.92 Å². The van der Waals surface area contributed by atoms with E-state index in [1.165, 1.54) is 0 Å². The maximum Gasteiger partial charge on any atom is 0.238 e. The predicted octanol–water partition coefficient (Wildman–Crippen LogP) is 2.08. The van der Waals surface area contributed by atoms with Crippen molar-refractivity contribution >= 4 is 0 Å². The van der Waals surface area contributed by atoms with Crippen LogP contribution in [0.2, 0.25) is 0 Å². The van der Waals surface area contributed by atoms with Crippen LogP contribution in [0.5, 0.6) is 5.88 Å². The van der Waals surface area contributed by atoms with E-state index in [0.717, 1.165) is 17.1 Å². The van der Waals surface area contributed by atoms with E-state index in [9.17, 15) is 0 Å². The summed E-state index contributed by atoms with van der Waals surface area (Å²) in [5.41, 5.74) is 2.49. The Morgan fingerprint density at radius 2 is 1.87 bits per heavy atom. The fraction of sp³-hybridized carbons (Fsp3) is 0.176. The molecule has 3 aromatic rings. The summed E-state index contributed by atoms with van der Waals surface area (Å²) in [6, 6.07) is 5.50. The normalized spacial score (nSPS) is 10.0. The monoisotopic (exact) mass is 305 g/mol. The van der Waals surface area contributed by atoms with Gasteiger partial charge in [-0.2, -0.15) is 4.98 Å². The maximum atomic E-state index is 5.12. The number of methoxy groups -OCH3 is 1. The average molecular weight is 305 g/mol. The summed E-state index contributed by atoms with van der Waals surface area (Å²) in [6.45, 7) is 3.81. The molecule has 0 atom stereocenters. The molecule has 0 aliphatic carbocycles. The summed E-state index contributed by atoms with van der Waals surface area (Å²) in [5.74, 6) is 7.90. The number of imidazole rings is 1. The molecule has 6 heteroatoms. The van der Waals surface area contributed by atoms with Crippen LogP contribution in [0.15, 0.2) is 36.8 Å². The lowest BCUT2D eigenvalue weighted by Gasteiger charge is -2.03. The molecule has 0 saturated carbocycles. The molecular formula is C17H15N5O. The number of ether oxygens (including phenoxy) is 1. The van der Waals surface area contributed by atoms with Crippen LogP contribution < -0.4 is 4.74 Å². The van der Waals surface area contributed by atoms with Gasteiger partial charge in [-0.15, -0.1) is 0 Å². The Morgan fingerprint density at radius 1 is 1.04 bits per heavy atom. The van der Waals surface area contributed by atoms with E-state index >= 15 is 0 Å². The first kappa shape index (κ1) is 14.7. The third kappa shape index (κ3) is 3.35. The quantitative estimate of drug-likeness (QED) is 0.678. The summed E-state index contributed by atoms with van der Waals surface area (Å²) < 4.78 is 6.90. The highest BCUT2D eigenvalue weighted by atomic mass is 16.5. The van der Waals surface area contributed by atoms with E-state index in [4.69, 9.17) is 4.74 Å². The average Bonchev–Trinajstić information content (AvgIpc) is 2.94. The van der Waals surface area contributed by atoms with Gasteiger partial charge in [0.1, 0.15) is 11.5 Å². The minimum atomic E-state index is 0.502. The van der Waals surface area contributed by atoms with Crippen LogP contribution in [-0.4, -0.2) is 31.6 Å². The van der Waals surface area contributed by atoms with Gasteiger partial charge >= 0.3 is 0 Å². The van der Waals surface area contributed by atoms with Crippen molar-refractivity contribution in [2.75, 3.05) is 7.11 Å². The van der Waals surface area contributed by atoms with E-state index in [1.807, 2.05) is 32.2 Å². The van der Waals surface area contributed by atoms with E-state index in [0.29, 0.717) is 17.5 Å². The molecule has 0 amide bonds. The Balaban J connectivity index is 1.92. The van der Waals surface area contributed by atoms with Crippen LogP contribution >= 0.6 is 0 Å². The Kier molecular flexibility index (Phi) is 4.02. The van der Waals surface area contributed by atoms with E-state index < -0.39 is 0 Å². The van der Waals surface area contributed by atoms with Gasteiger partial charge in [0.2, 0.25) is 11.8 Å². The molecule has 3 aromatic heterocycles. The standard InChI is InChI=1S/C17H15N5O/c1-12-10-14(6-8-18-12)4-5-15-11-22(13(2)20-15)17-19-9-7-16(21-17)23-3/h6-11H,1-3H3. The molecular weight excluding hydrogens is 290 g/mol. The van der Waals surface area contributed by atoms with E-state index in [-0.39, 0.29) is 0 Å². The molecule has 0 saturated heterocycles. The topological polar surface area (TPSA) is 65.7 Å². The molecule has 0 spiro atoms. The second-order valence-corrected chi connectivity index (χ2v) is 4.88. The molecule has 3 heterocycles. The molecule has 0 N–H and O–H groups in total. The van der Waals surface area contributed by atoms with E-state index in [1.54, 1.807) is 30.1 Å². The molecule has 3 rings (SSSR count). The van der Waals surface area contributed by atoms with Crippen molar-refractivity contribution in [3.63, 3.8) is 0 Å². The first-order valence-corrected chi connectivity index (χ1v) is 7.04. The molecule has 0 radical (unpaired) electrons. The smallest absolute Gasteiger partial charge is 0.238 e. The van der Waals surface area contributed by atoms with Crippen LogP contribution in [-0.2, 0) is 0 Å². The number of aryl methyl sites for hydroxylation is 2. The second kappa shape index (κ2) is 6.28. The van der Waals surface area contributed by atoms with Gasteiger partial charge in [-0.3, -0.25) is 9.55 Å². The number of rotatable bonds is 2. The first-order chi connectivity index (χ1) is 11.2. The summed E-state index contributed by atoms with van der Waals surface area (Å²) in [5, 5.41) is 0. The van der Waals surface area contributed by atoms with Crippen LogP contribution in [0.4, 0.5) is 0 Å². The zero-order chi connectivity index (χ0) is 16.2. The fourth-order valence-electron chi connectivity index (χ4n) is 2.06. The SMILES string of the molecule is COc1ccnc(-n2cc(C#Cc3ccnc(C)c3)nc2C)n1. The minimum Gasteiger partial charge on any atom is -0.481 e. The Bertz CT molecular complexity index is 905. The van der Waals surface area contributed by atoms with Gasteiger partial charge in [0.25, 0.3) is 0 Å². The summed E-state index contributed by atoms with van der Waals surface area (Å²) in [7, 11) is 1.57. The molecule has 0 aromatic carbocycles. The maximum absolute atomic E-state index is 5.12. The second-order valence-electron chi connectivity index (χ2n) is 4.88. The first-order valence-electron chi connectivity index (χ1n) is 7.04. The van der Waals surface area contributed by atoms with E-state index in [2.05, 4.69) is 31.8 Å². The lowest BCUT2D eigenvalue weighted by atomic mass is 10.2. The van der Waals surface area contributed by atoms with Crippen LogP contribution in [0, 0.1) is 25.7 Å². The molecule has 0 aliphatic heterocycles. The molecule has 0 fully saturated rings. The number of hydrogen-bond donors (Lipinski definition) is 0. The summed E-state index contributed by atoms with van der Waals surface area (Å²) in [6.07, 6.45) is 5.20. The largest absolute Gasteiger partial charge is 0.481 e. The zero-order valence-corrected chi connectivity index (χ0v) is 13.1. The van der Waals surface area contributed by atoms with Gasteiger partial charge in [-0.25, -0.2) is 9.97 Å². The summed E-state index contributed by atoms with van der Waals surface area (Å²) in [4.78, 5) is 17.1. The zero-order valence-electron chi connectivity index (χ0n) is 13.1. The van der Waals surface area contributed by atoms with Crippen LogP contribution in [0.3, 0.4) is 0 Å². The number of pyridine rings is 1. The van der Waals surface area contributed by atoms with Gasteiger partial charge in [0.15, 0.2) is 0 Å². The van der Waals surface area contributed by atoms with Gasteiger partial charge < -0.3 is 4.74 Å². The third-order valence-electron chi connectivity index (χ3n) is 3.16. The van der Waals surface area contributed by atoms with Crippen molar-refractivity contribution in [2.45, 2.75) is 13.8 Å². The molecule has 6 nitrogen and oxygen atoms in total. The lowest BCUT2D eigenvalue weighted by molar-refractivity contribution is 0.396. The Morgan fingerprint density at radius 3 is 2.65 bits per heavy atom. The summed E-state index contributed by atoms with van der Waals surface area (Å²) >= 11 is 0. The number of nitrogens with zero attached hydrogens (tertiary/aromatic N) is 5. The minimum absolute atomic E-state index is 0.502. The predicted molar refractivity (Wildman–Crippen MR) is 85.4 cm³/mol. The van der Waals surface area contributed by atoms with Crippen molar-refractivity contribution in [3.05, 3.63) is 59.6 Å². The number of aromatic nitrogens is 5. The van der Waals surface area contributed by atoms with Crippen LogP contribution in [0.1, 0.15) is 22.8 Å². The molecule has 0 unspecified atom stereocenters. The van der Waals surface area contributed by atoms with Crippen molar-refractivity contribution < 1.29 is 4.74 Å². The highest BCUT2D eigenvalue weighted by Crippen LogP contribution is 2.11. The van der Waals surface area contributed by atoms with Gasteiger partial charge in [-0.05, 0) is 31.9 Å². The fourth-order valence-corrected chi connectivity index (χ4v) is 2.06. The molecule has 0 bridgehead atoms. The van der Waals surface area contributed by atoms with Crippen molar-refractivity contribution in [1.82, 2.24) is 24.5 Å². The highest BCUT2D eigenvalue weighted by molar-refractivity contribution is 5.40. The molecule has 0 aliphatic rings. The highest BCUT2D eigenvalue weighted by Gasteiger charge is 2.08. The third-order valence-corrected chi connectivity index (χ3v) is 3.16. The Hall–Kier alpha value is -3.20. The van der Waals surface area contributed by atoms with Gasteiger partial charge in [0, 0.05) is 35.9 Å². The molecule has 23 heavy (non-hydrogen) atoms. The molecule has 114 valence electrons. The van der Waals surface area contributed by atoms with Crippen LogP contribution in [0.25, 0.3) is 5.95 Å². The van der Waals surface area contributed by atoms with Crippen molar-refractivity contribution in [1.29, 1.82) is 0 Å². The van der Waals surface area contributed by atoms with Crippen molar-refractivity contribution in [3.8, 4) is 23.7 Å². The Labute approximate surface area is 134 Å². The van der Waals surface area contributed by atoms with Gasteiger partial charge in [0.05, 0.1) is 7.11 Å². The lowest BCUT2D eigenvalue weighted by Crippen LogP contribution is -2.02. The number of hydrogen-bond acceptors (Lipinski definition) is 5.